The summed E-state index contributed by atoms with van der Waals surface area (Å²) in [4.78, 5) is 4.04. The van der Waals surface area contributed by atoms with E-state index in [4.69, 9.17) is 10.3 Å². The first-order valence-electron chi connectivity index (χ1n) is 5.71. The van der Waals surface area contributed by atoms with E-state index in [2.05, 4.69) is 10.1 Å². The van der Waals surface area contributed by atoms with Crippen molar-refractivity contribution in [3.63, 3.8) is 0 Å². The van der Waals surface area contributed by atoms with Crippen LogP contribution in [-0.2, 0) is 12.6 Å². The average Bonchev–Trinajstić information content (AvgIpc) is 2.84. The number of hydrogen-bond acceptors (Lipinski definition) is 4. The third-order valence-corrected chi connectivity index (χ3v) is 2.51. The molecule has 4 nitrogen and oxygen atoms in total. The molecule has 0 unspecified atom stereocenters. The number of halogens is 3. The van der Waals surface area contributed by atoms with Crippen molar-refractivity contribution in [1.29, 1.82) is 0 Å². The largest absolute Gasteiger partial charge is 0.416 e. The molecule has 0 saturated heterocycles. The lowest BCUT2D eigenvalue weighted by Gasteiger charge is -2.06. The minimum atomic E-state index is -4.39. The van der Waals surface area contributed by atoms with Crippen molar-refractivity contribution in [2.24, 2.45) is 5.73 Å². The summed E-state index contributed by atoms with van der Waals surface area (Å²) in [6.45, 7) is 0.493. The number of rotatable bonds is 4. The van der Waals surface area contributed by atoms with E-state index in [1.165, 1.54) is 12.1 Å². The van der Waals surface area contributed by atoms with Crippen LogP contribution in [0.25, 0.3) is 11.5 Å². The maximum Gasteiger partial charge on any atom is 0.416 e. The van der Waals surface area contributed by atoms with Crippen molar-refractivity contribution >= 4 is 0 Å². The fourth-order valence-corrected chi connectivity index (χ4v) is 1.56. The average molecular weight is 271 g/mol. The highest BCUT2D eigenvalue weighted by molar-refractivity contribution is 5.54. The number of nitrogens with zero attached hydrogens (tertiary/aromatic N) is 2. The summed E-state index contributed by atoms with van der Waals surface area (Å²) in [5, 5.41) is 3.70. The number of alkyl halides is 3. The molecule has 0 amide bonds. The molecule has 7 heteroatoms. The summed E-state index contributed by atoms with van der Waals surface area (Å²) in [6, 6.07) is 4.78. The lowest BCUT2D eigenvalue weighted by molar-refractivity contribution is -0.137. The van der Waals surface area contributed by atoms with Crippen molar-refractivity contribution in [2.45, 2.75) is 19.0 Å². The van der Waals surface area contributed by atoms with Gasteiger partial charge in [0.2, 0.25) is 0 Å². The summed E-state index contributed by atoms with van der Waals surface area (Å²) >= 11 is 0. The molecule has 0 fully saturated rings. The molecule has 2 rings (SSSR count). The quantitative estimate of drug-likeness (QED) is 0.928. The molecule has 102 valence electrons. The molecule has 19 heavy (non-hydrogen) atoms. The molecule has 0 spiro atoms. The first-order chi connectivity index (χ1) is 9.00. The molecule has 1 heterocycles. The predicted octanol–water partition coefficient (Wildman–Crippen LogP) is 2.65. The number of aryl methyl sites for hydroxylation is 1. The van der Waals surface area contributed by atoms with E-state index in [1.54, 1.807) is 0 Å². The second-order valence-electron chi connectivity index (χ2n) is 3.99. The highest BCUT2D eigenvalue weighted by atomic mass is 19.4. The topological polar surface area (TPSA) is 64.9 Å². The maximum absolute atomic E-state index is 12.6. The minimum Gasteiger partial charge on any atom is -0.334 e. The third-order valence-electron chi connectivity index (χ3n) is 2.51. The van der Waals surface area contributed by atoms with Crippen molar-refractivity contribution in [1.82, 2.24) is 10.1 Å². The zero-order chi connectivity index (χ0) is 13.9. The monoisotopic (exact) mass is 271 g/mol. The van der Waals surface area contributed by atoms with Gasteiger partial charge in [-0.2, -0.15) is 18.2 Å². The Bertz CT molecular complexity index is 551. The van der Waals surface area contributed by atoms with E-state index in [0.717, 1.165) is 12.1 Å². The fraction of sp³-hybridized carbons (Fsp3) is 0.333. The van der Waals surface area contributed by atoms with Crippen LogP contribution < -0.4 is 5.73 Å². The number of aromatic nitrogens is 2. The van der Waals surface area contributed by atoms with Gasteiger partial charge in [0.15, 0.2) is 5.82 Å². The lowest BCUT2D eigenvalue weighted by atomic mass is 10.1. The lowest BCUT2D eigenvalue weighted by Crippen LogP contribution is -2.04. The highest BCUT2D eigenvalue weighted by Crippen LogP contribution is 2.31. The molecule has 0 radical (unpaired) electrons. The van der Waals surface area contributed by atoms with Gasteiger partial charge in [-0.15, -0.1) is 0 Å². The van der Waals surface area contributed by atoms with Gasteiger partial charge in [0.25, 0.3) is 5.89 Å². The molecule has 0 atom stereocenters. The first-order valence-corrected chi connectivity index (χ1v) is 5.71. The Morgan fingerprint density at radius 3 is 2.74 bits per heavy atom. The van der Waals surface area contributed by atoms with E-state index < -0.39 is 11.7 Å². The summed E-state index contributed by atoms with van der Waals surface area (Å²) in [7, 11) is 0. The molecular formula is C12H12F3N3O. The summed E-state index contributed by atoms with van der Waals surface area (Å²) in [5.41, 5.74) is 4.86. The van der Waals surface area contributed by atoms with Gasteiger partial charge in [0.1, 0.15) is 0 Å². The van der Waals surface area contributed by atoms with Crippen LogP contribution in [0.5, 0.6) is 0 Å². The van der Waals surface area contributed by atoms with Gasteiger partial charge < -0.3 is 10.3 Å². The van der Waals surface area contributed by atoms with Gasteiger partial charge in [-0.25, -0.2) is 0 Å². The number of nitrogens with two attached hydrogens (primary N) is 1. The second-order valence-corrected chi connectivity index (χ2v) is 3.99. The number of benzene rings is 1. The van der Waals surface area contributed by atoms with Crippen LogP contribution in [0.4, 0.5) is 13.2 Å². The highest BCUT2D eigenvalue weighted by Gasteiger charge is 2.30. The zero-order valence-corrected chi connectivity index (χ0v) is 9.94. The molecule has 2 N–H and O–H groups in total. The van der Waals surface area contributed by atoms with Crippen LogP contribution in [0.2, 0.25) is 0 Å². The van der Waals surface area contributed by atoms with Crippen molar-refractivity contribution in [3.05, 3.63) is 35.7 Å². The van der Waals surface area contributed by atoms with Gasteiger partial charge >= 0.3 is 6.18 Å². The summed E-state index contributed by atoms with van der Waals surface area (Å²) < 4.78 is 42.7. The van der Waals surface area contributed by atoms with Gasteiger partial charge in [0, 0.05) is 12.0 Å². The second kappa shape index (κ2) is 5.40. The van der Waals surface area contributed by atoms with Crippen molar-refractivity contribution < 1.29 is 17.7 Å². The standard InChI is InChI=1S/C12H12F3N3O/c13-12(14,15)9-4-1-3-8(7-9)11-17-10(18-19-11)5-2-6-16/h1,3-4,7H,2,5-6,16H2. The summed E-state index contributed by atoms with van der Waals surface area (Å²) in [5.74, 6) is 0.524. The Morgan fingerprint density at radius 2 is 2.05 bits per heavy atom. The Hall–Kier alpha value is -1.89. The minimum absolute atomic E-state index is 0.0816. The molecule has 1 aromatic carbocycles. The van der Waals surface area contributed by atoms with E-state index in [0.29, 0.717) is 25.2 Å². The fourth-order valence-electron chi connectivity index (χ4n) is 1.56. The van der Waals surface area contributed by atoms with Crippen LogP contribution >= 0.6 is 0 Å². The molecule has 0 aliphatic carbocycles. The van der Waals surface area contributed by atoms with Crippen LogP contribution in [0, 0.1) is 0 Å². The normalized spacial score (nSPS) is 11.8. The van der Waals surface area contributed by atoms with Crippen LogP contribution in [-0.4, -0.2) is 16.7 Å². The zero-order valence-electron chi connectivity index (χ0n) is 9.94. The summed E-state index contributed by atoms with van der Waals surface area (Å²) in [6.07, 6.45) is -3.15. The van der Waals surface area contributed by atoms with Gasteiger partial charge in [-0.05, 0) is 31.2 Å². The molecule has 0 aliphatic rings. The van der Waals surface area contributed by atoms with Crippen LogP contribution in [0.1, 0.15) is 17.8 Å². The van der Waals surface area contributed by atoms with Crippen molar-refractivity contribution in [2.75, 3.05) is 6.54 Å². The van der Waals surface area contributed by atoms with Crippen molar-refractivity contribution in [3.8, 4) is 11.5 Å². The van der Waals surface area contributed by atoms with E-state index in [9.17, 15) is 13.2 Å². The Morgan fingerprint density at radius 1 is 1.26 bits per heavy atom. The smallest absolute Gasteiger partial charge is 0.334 e. The Kier molecular flexibility index (Phi) is 3.84. The molecule has 0 bridgehead atoms. The number of hydrogen-bond donors (Lipinski definition) is 1. The molecule has 0 aliphatic heterocycles. The third kappa shape index (κ3) is 3.31. The Balaban J connectivity index is 2.24. The van der Waals surface area contributed by atoms with Gasteiger partial charge in [0.05, 0.1) is 5.56 Å². The molecule has 1 aromatic heterocycles. The Labute approximate surface area is 107 Å². The molecule has 0 saturated carbocycles. The van der Waals surface area contributed by atoms with E-state index in [1.807, 2.05) is 0 Å². The van der Waals surface area contributed by atoms with Crippen LogP contribution in [0.15, 0.2) is 28.8 Å². The van der Waals surface area contributed by atoms with E-state index in [-0.39, 0.29) is 11.5 Å². The van der Waals surface area contributed by atoms with E-state index >= 15 is 0 Å². The maximum atomic E-state index is 12.6. The SMILES string of the molecule is NCCCc1noc(-c2cccc(C(F)(F)F)c2)n1. The first kappa shape index (κ1) is 13.5. The molecular weight excluding hydrogens is 259 g/mol. The van der Waals surface area contributed by atoms with Crippen LogP contribution in [0.3, 0.4) is 0 Å². The van der Waals surface area contributed by atoms with Gasteiger partial charge in [-0.1, -0.05) is 11.2 Å². The predicted molar refractivity (Wildman–Crippen MR) is 62.1 cm³/mol. The molecule has 2 aromatic rings. The van der Waals surface area contributed by atoms with Gasteiger partial charge in [-0.3, -0.25) is 0 Å².